The summed E-state index contributed by atoms with van der Waals surface area (Å²) in [5.74, 6) is 0. The standard InChI is InChI=1S/C7H6BrN3O/c1-11-3-9-6-5(11)2-4(8)7(12)10-6/h2-3H,1H3,(H,10,12). The van der Waals surface area contributed by atoms with Gasteiger partial charge in [-0.15, -0.1) is 0 Å². The number of hydrogen-bond donors (Lipinski definition) is 1. The maximum absolute atomic E-state index is 11.1. The number of imidazole rings is 1. The van der Waals surface area contributed by atoms with Crippen LogP contribution >= 0.6 is 15.9 Å². The number of rotatable bonds is 0. The van der Waals surface area contributed by atoms with Crippen LogP contribution < -0.4 is 5.56 Å². The maximum atomic E-state index is 11.1. The summed E-state index contributed by atoms with van der Waals surface area (Å²) in [7, 11) is 1.88. The van der Waals surface area contributed by atoms with Gasteiger partial charge in [0.25, 0.3) is 5.56 Å². The largest absolute Gasteiger partial charge is 0.332 e. The van der Waals surface area contributed by atoms with Gasteiger partial charge < -0.3 is 9.55 Å². The van der Waals surface area contributed by atoms with E-state index in [-0.39, 0.29) is 5.56 Å². The molecule has 62 valence electrons. The van der Waals surface area contributed by atoms with Crippen LogP contribution in [0.3, 0.4) is 0 Å². The number of H-pyrrole nitrogens is 1. The van der Waals surface area contributed by atoms with Gasteiger partial charge in [-0.05, 0) is 22.0 Å². The molecular weight excluding hydrogens is 222 g/mol. The second kappa shape index (κ2) is 2.45. The average Bonchev–Trinajstić information content (AvgIpc) is 2.35. The molecule has 1 N–H and O–H groups in total. The highest BCUT2D eigenvalue weighted by atomic mass is 79.9. The zero-order valence-corrected chi connectivity index (χ0v) is 7.92. The third-order valence-corrected chi connectivity index (χ3v) is 2.28. The third-order valence-electron chi connectivity index (χ3n) is 1.69. The van der Waals surface area contributed by atoms with Crippen molar-refractivity contribution in [3.8, 4) is 0 Å². The van der Waals surface area contributed by atoms with Gasteiger partial charge in [0, 0.05) is 7.05 Å². The van der Waals surface area contributed by atoms with Crippen LogP contribution in [0.5, 0.6) is 0 Å². The van der Waals surface area contributed by atoms with Crippen LogP contribution in [-0.2, 0) is 7.05 Å². The van der Waals surface area contributed by atoms with E-state index >= 15 is 0 Å². The lowest BCUT2D eigenvalue weighted by Crippen LogP contribution is -2.06. The Kier molecular flexibility index (Phi) is 1.54. The molecule has 2 rings (SSSR count). The summed E-state index contributed by atoms with van der Waals surface area (Å²) in [4.78, 5) is 17.7. The quantitative estimate of drug-likeness (QED) is 0.731. The Bertz CT molecular complexity index is 485. The highest BCUT2D eigenvalue weighted by Crippen LogP contribution is 2.11. The van der Waals surface area contributed by atoms with Gasteiger partial charge in [-0.2, -0.15) is 0 Å². The van der Waals surface area contributed by atoms with Gasteiger partial charge in [-0.1, -0.05) is 0 Å². The highest BCUT2D eigenvalue weighted by molar-refractivity contribution is 9.10. The van der Waals surface area contributed by atoms with E-state index in [1.54, 1.807) is 12.4 Å². The predicted molar refractivity (Wildman–Crippen MR) is 49.0 cm³/mol. The van der Waals surface area contributed by atoms with Crippen molar-refractivity contribution in [2.24, 2.45) is 7.05 Å². The zero-order chi connectivity index (χ0) is 8.72. The number of nitrogens with one attached hydrogen (secondary N) is 1. The number of aromatic nitrogens is 3. The van der Waals surface area contributed by atoms with Crippen LogP contribution in [0.4, 0.5) is 0 Å². The molecule has 0 aliphatic heterocycles. The Morgan fingerprint density at radius 3 is 3.17 bits per heavy atom. The highest BCUT2D eigenvalue weighted by Gasteiger charge is 2.02. The Morgan fingerprint density at radius 1 is 1.67 bits per heavy atom. The fourth-order valence-electron chi connectivity index (χ4n) is 1.06. The monoisotopic (exact) mass is 227 g/mol. The van der Waals surface area contributed by atoms with Gasteiger partial charge in [-0.3, -0.25) is 4.79 Å². The normalized spacial score (nSPS) is 10.8. The summed E-state index contributed by atoms with van der Waals surface area (Å²) in [6.45, 7) is 0. The molecular formula is C7H6BrN3O. The number of nitrogens with zero attached hydrogens (tertiary/aromatic N) is 2. The molecule has 0 saturated carbocycles. The molecule has 0 fully saturated rings. The van der Waals surface area contributed by atoms with Gasteiger partial charge in [0.15, 0.2) is 5.65 Å². The van der Waals surface area contributed by atoms with E-state index in [0.29, 0.717) is 10.1 Å². The fourth-order valence-corrected chi connectivity index (χ4v) is 1.37. The van der Waals surface area contributed by atoms with Gasteiger partial charge in [0.2, 0.25) is 0 Å². The average molecular weight is 228 g/mol. The van der Waals surface area contributed by atoms with Crippen LogP contribution in [0.25, 0.3) is 11.2 Å². The van der Waals surface area contributed by atoms with Gasteiger partial charge in [0.05, 0.1) is 16.3 Å². The van der Waals surface area contributed by atoms with Crippen LogP contribution in [0.15, 0.2) is 21.7 Å². The first-order valence-corrected chi connectivity index (χ1v) is 4.17. The molecule has 2 heterocycles. The SMILES string of the molecule is Cn1cnc2[nH]c(=O)c(Br)cc21. The van der Waals surface area contributed by atoms with E-state index < -0.39 is 0 Å². The number of aryl methyl sites for hydroxylation is 1. The van der Waals surface area contributed by atoms with Crippen LogP contribution in [-0.4, -0.2) is 14.5 Å². The Labute approximate surface area is 76.4 Å². The molecule has 0 spiro atoms. The summed E-state index contributed by atoms with van der Waals surface area (Å²) in [6.07, 6.45) is 1.66. The lowest BCUT2D eigenvalue weighted by Gasteiger charge is -1.93. The first kappa shape index (κ1) is 7.54. The van der Waals surface area contributed by atoms with Crippen LogP contribution in [0.1, 0.15) is 0 Å². The molecule has 0 aromatic carbocycles. The smallest absolute Gasteiger partial charge is 0.263 e. The van der Waals surface area contributed by atoms with E-state index in [4.69, 9.17) is 0 Å². The summed E-state index contributed by atoms with van der Waals surface area (Å²) < 4.78 is 2.37. The molecule has 2 aromatic rings. The summed E-state index contributed by atoms with van der Waals surface area (Å²) >= 11 is 3.15. The maximum Gasteiger partial charge on any atom is 0.263 e. The second-order valence-corrected chi connectivity index (χ2v) is 3.39. The van der Waals surface area contributed by atoms with E-state index in [0.717, 1.165) is 5.52 Å². The Morgan fingerprint density at radius 2 is 2.42 bits per heavy atom. The van der Waals surface area contributed by atoms with Crippen molar-refractivity contribution in [1.82, 2.24) is 14.5 Å². The molecule has 0 amide bonds. The Balaban J connectivity index is 2.97. The fraction of sp³-hybridized carbons (Fsp3) is 0.143. The van der Waals surface area contributed by atoms with Gasteiger partial charge in [0.1, 0.15) is 0 Å². The molecule has 0 radical (unpaired) electrons. The lowest BCUT2D eigenvalue weighted by molar-refractivity contribution is 0.947. The van der Waals surface area contributed by atoms with E-state index in [2.05, 4.69) is 25.9 Å². The molecule has 0 atom stereocenters. The molecule has 12 heavy (non-hydrogen) atoms. The number of pyridine rings is 1. The van der Waals surface area contributed by atoms with E-state index in [9.17, 15) is 4.79 Å². The van der Waals surface area contributed by atoms with Crippen LogP contribution in [0.2, 0.25) is 0 Å². The molecule has 0 aliphatic carbocycles. The zero-order valence-electron chi connectivity index (χ0n) is 6.34. The number of fused-ring (bicyclic) bond motifs is 1. The second-order valence-electron chi connectivity index (χ2n) is 2.54. The molecule has 5 heteroatoms. The summed E-state index contributed by atoms with van der Waals surface area (Å²) in [6, 6.07) is 1.75. The molecule has 0 unspecified atom stereocenters. The summed E-state index contributed by atoms with van der Waals surface area (Å²) in [5.41, 5.74) is 1.37. The van der Waals surface area contributed by atoms with Crippen LogP contribution in [0, 0.1) is 0 Å². The molecule has 0 aliphatic rings. The van der Waals surface area contributed by atoms with Crippen molar-refractivity contribution in [3.05, 3.63) is 27.2 Å². The molecule has 2 aromatic heterocycles. The van der Waals surface area contributed by atoms with Crippen molar-refractivity contribution in [1.29, 1.82) is 0 Å². The topological polar surface area (TPSA) is 50.7 Å². The third kappa shape index (κ3) is 0.972. The molecule has 0 bridgehead atoms. The van der Waals surface area contributed by atoms with E-state index in [1.165, 1.54) is 0 Å². The molecule has 4 nitrogen and oxygen atoms in total. The van der Waals surface area contributed by atoms with E-state index in [1.807, 2.05) is 11.6 Å². The minimum Gasteiger partial charge on any atom is -0.332 e. The number of halogens is 1. The van der Waals surface area contributed by atoms with Crippen molar-refractivity contribution in [2.75, 3.05) is 0 Å². The lowest BCUT2D eigenvalue weighted by atomic mass is 10.4. The first-order chi connectivity index (χ1) is 5.68. The van der Waals surface area contributed by atoms with Crippen molar-refractivity contribution >= 4 is 27.1 Å². The molecule has 0 saturated heterocycles. The summed E-state index contributed by atoms with van der Waals surface area (Å²) in [5, 5.41) is 0. The van der Waals surface area contributed by atoms with Crippen molar-refractivity contribution < 1.29 is 0 Å². The van der Waals surface area contributed by atoms with Gasteiger partial charge in [-0.25, -0.2) is 4.98 Å². The minimum atomic E-state index is -0.152. The number of hydrogen-bond acceptors (Lipinski definition) is 2. The predicted octanol–water partition coefficient (Wildman–Crippen LogP) is 1.02. The Hall–Kier alpha value is -1.10. The number of aromatic amines is 1. The van der Waals surface area contributed by atoms with Gasteiger partial charge >= 0.3 is 0 Å². The minimum absolute atomic E-state index is 0.152. The van der Waals surface area contributed by atoms with Crippen molar-refractivity contribution in [2.45, 2.75) is 0 Å². The first-order valence-electron chi connectivity index (χ1n) is 3.38. The van der Waals surface area contributed by atoms with Crippen molar-refractivity contribution in [3.63, 3.8) is 0 Å².